The summed E-state index contributed by atoms with van der Waals surface area (Å²) >= 11 is 0. The number of carbonyl (C=O) groups is 1. The number of nitrogens with one attached hydrogen (secondary N) is 1. The molecule has 3 aromatic rings. The van der Waals surface area contributed by atoms with Crippen molar-refractivity contribution in [1.82, 2.24) is 10.1 Å². The molecule has 1 heterocycles. The lowest BCUT2D eigenvalue weighted by molar-refractivity contribution is -0.147. The number of aromatic nitrogens is 2. The highest BCUT2D eigenvalue weighted by molar-refractivity contribution is 5.73. The number of benzene rings is 2. The number of carbonyl (C=O) groups excluding carboxylic acids is 1. The van der Waals surface area contributed by atoms with Crippen LogP contribution in [0.3, 0.4) is 0 Å². The number of aryl methyl sites for hydroxylation is 1. The summed E-state index contributed by atoms with van der Waals surface area (Å²) in [6.07, 6.45) is 9.28. The fraction of sp³-hybridized carbons (Fsp3) is 0.483. The molecular weight excluding hydrogens is 438 g/mol. The van der Waals surface area contributed by atoms with Crippen molar-refractivity contribution in [2.24, 2.45) is 5.92 Å². The quantitative estimate of drug-likeness (QED) is 0.376. The molecule has 0 spiro atoms. The fourth-order valence-electron chi connectivity index (χ4n) is 5.56. The van der Waals surface area contributed by atoms with E-state index in [9.17, 15) is 4.79 Å². The third-order valence-electron chi connectivity index (χ3n) is 7.56. The molecule has 2 fully saturated rings. The molecule has 1 N–H and O–H groups in total. The molecule has 5 rings (SSSR count). The van der Waals surface area contributed by atoms with E-state index in [1.54, 1.807) is 0 Å². The largest absolute Gasteiger partial charge is 0.466 e. The monoisotopic (exact) mass is 473 g/mol. The Labute approximate surface area is 207 Å². The summed E-state index contributed by atoms with van der Waals surface area (Å²) in [5.74, 6) is 1.76. The molecule has 6 nitrogen and oxygen atoms in total. The normalized spacial score (nSPS) is 20.6. The van der Waals surface area contributed by atoms with E-state index in [0.29, 0.717) is 24.2 Å². The number of nitrogens with zero attached hydrogens (tertiary/aromatic N) is 2. The number of ether oxygens (including phenoxy) is 1. The van der Waals surface area contributed by atoms with Crippen LogP contribution in [-0.2, 0) is 9.53 Å². The van der Waals surface area contributed by atoms with Gasteiger partial charge in [0, 0.05) is 22.9 Å². The van der Waals surface area contributed by atoms with Gasteiger partial charge in [0.25, 0.3) is 5.89 Å². The summed E-state index contributed by atoms with van der Waals surface area (Å²) < 4.78 is 10.8. The van der Waals surface area contributed by atoms with E-state index < -0.39 is 0 Å². The summed E-state index contributed by atoms with van der Waals surface area (Å²) in [5.41, 5.74) is 5.49. The van der Waals surface area contributed by atoms with Crippen molar-refractivity contribution in [2.45, 2.75) is 77.2 Å². The van der Waals surface area contributed by atoms with E-state index in [1.165, 1.54) is 37.7 Å². The van der Waals surface area contributed by atoms with Gasteiger partial charge in [0.15, 0.2) is 0 Å². The third kappa shape index (κ3) is 5.42. The highest BCUT2D eigenvalue weighted by Crippen LogP contribution is 2.34. The maximum atomic E-state index is 12.0. The van der Waals surface area contributed by atoms with Gasteiger partial charge in [-0.15, -0.1) is 0 Å². The van der Waals surface area contributed by atoms with Crippen molar-refractivity contribution in [2.75, 3.05) is 11.9 Å². The van der Waals surface area contributed by atoms with Crippen LogP contribution in [0.1, 0.15) is 75.3 Å². The van der Waals surface area contributed by atoms with Gasteiger partial charge in [0.1, 0.15) is 0 Å². The lowest BCUT2D eigenvalue weighted by Gasteiger charge is -2.21. The Morgan fingerprint density at radius 3 is 2.54 bits per heavy atom. The van der Waals surface area contributed by atoms with Crippen molar-refractivity contribution in [3.8, 4) is 22.8 Å². The Morgan fingerprint density at radius 1 is 1.03 bits per heavy atom. The topological polar surface area (TPSA) is 77.2 Å². The van der Waals surface area contributed by atoms with Gasteiger partial charge in [-0.3, -0.25) is 4.79 Å². The van der Waals surface area contributed by atoms with Crippen molar-refractivity contribution in [3.63, 3.8) is 0 Å². The fourth-order valence-corrected chi connectivity index (χ4v) is 5.56. The summed E-state index contributed by atoms with van der Waals surface area (Å²) in [6, 6.07) is 15.1. The van der Waals surface area contributed by atoms with Crippen LogP contribution in [0.15, 0.2) is 47.0 Å². The molecule has 1 aromatic heterocycles. The second-order valence-corrected chi connectivity index (χ2v) is 10.0. The smallest absolute Gasteiger partial charge is 0.308 e. The number of rotatable bonds is 7. The first kappa shape index (κ1) is 23.6. The van der Waals surface area contributed by atoms with Crippen molar-refractivity contribution in [3.05, 3.63) is 53.6 Å². The van der Waals surface area contributed by atoms with E-state index in [0.717, 1.165) is 41.6 Å². The molecule has 2 aliphatic rings. The minimum atomic E-state index is -0.0691. The highest BCUT2D eigenvalue weighted by atomic mass is 16.5. The maximum absolute atomic E-state index is 12.0. The Bertz CT molecular complexity index is 1150. The van der Waals surface area contributed by atoms with Gasteiger partial charge in [-0.2, -0.15) is 4.98 Å². The van der Waals surface area contributed by atoms with Crippen LogP contribution in [0.25, 0.3) is 22.8 Å². The van der Waals surface area contributed by atoms with Crippen LogP contribution in [0, 0.1) is 12.8 Å². The average molecular weight is 474 g/mol. The zero-order chi connectivity index (χ0) is 24.2. The molecule has 2 aliphatic carbocycles. The molecule has 0 amide bonds. The molecule has 6 heteroatoms. The van der Waals surface area contributed by atoms with Crippen LogP contribution in [-0.4, -0.2) is 28.8 Å². The second-order valence-electron chi connectivity index (χ2n) is 10.0. The van der Waals surface area contributed by atoms with Crippen LogP contribution in [0.5, 0.6) is 0 Å². The Kier molecular flexibility index (Phi) is 7.16. The van der Waals surface area contributed by atoms with Crippen LogP contribution < -0.4 is 5.32 Å². The van der Waals surface area contributed by atoms with Gasteiger partial charge in [-0.25, -0.2) is 0 Å². The SMILES string of the molecule is CCOC(=O)C1CCC(Nc2ccc(-c3noc(-c4ccc(C5CCCCC5)cc4)n3)cc2C)C1. The molecule has 2 unspecified atom stereocenters. The van der Waals surface area contributed by atoms with Gasteiger partial charge in [0.2, 0.25) is 5.82 Å². The minimum absolute atomic E-state index is 0.00140. The number of esters is 1. The first-order chi connectivity index (χ1) is 17.1. The molecule has 0 radical (unpaired) electrons. The zero-order valence-electron chi connectivity index (χ0n) is 20.8. The van der Waals surface area contributed by atoms with Gasteiger partial charge >= 0.3 is 5.97 Å². The zero-order valence-corrected chi connectivity index (χ0v) is 20.8. The summed E-state index contributed by atoms with van der Waals surface area (Å²) in [5, 5.41) is 7.84. The number of hydrogen-bond acceptors (Lipinski definition) is 6. The van der Waals surface area contributed by atoms with E-state index in [1.807, 2.05) is 13.0 Å². The second kappa shape index (κ2) is 10.6. The molecule has 184 valence electrons. The van der Waals surface area contributed by atoms with Crippen molar-refractivity contribution >= 4 is 11.7 Å². The van der Waals surface area contributed by atoms with Crippen molar-refractivity contribution in [1.29, 1.82) is 0 Å². The molecule has 2 saturated carbocycles. The summed E-state index contributed by atoms with van der Waals surface area (Å²) in [7, 11) is 0. The van der Waals surface area contributed by atoms with Crippen LogP contribution in [0.2, 0.25) is 0 Å². The highest BCUT2D eigenvalue weighted by Gasteiger charge is 2.31. The minimum Gasteiger partial charge on any atom is -0.466 e. The van der Waals surface area contributed by atoms with Gasteiger partial charge < -0.3 is 14.6 Å². The van der Waals surface area contributed by atoms with Crippen LogP contribution in [0.4, 0.5) is 5.69 Å². The Hall–Kier alpha value is -3.15. The van der Waals surface area contributed by atoms with Crippen molar-refractivity contribution < 1.29 is 14.1 Å². The molecule has 0 bridgehead atoms. The molecule has 2 aromatic carbocycles. The van der Waals surface area contributed by atoms with E-state index in [2.05, 4.69) is 58.8 Å². The predicted molar refractivity (Wildman–Crippen MR) is 137 cm³/mol. The predicted octanol–water partition coefficient (Wildman–Crippen LogP) is 6.90. The number of hydrogen-bond donors (Lipinski definition) is 1. The summed E-state index contributed by atoms with van der Waals surface area (Å²) in [4.78, 5) is 16.7. The molecule has 2 atom stereocenters. The van der Waals surface area contributed by atoms with Gasteiger partial charge in [0.05, 0.1) is 12.5 Å². The van der Waals surface area contributed by atoms with E-state index in [4.69, 9.17) is 9.26 Å². The molecule has 0 aliphatic heterocycles. The maximum Gasteiger partial charge on any atom is 0.308 e. The van der Waals surface area contributed by atoms with Gasteiger partial charge in [-0.05, 0) is 93.3 Å². The first-order valence-electron chi connectivity index (χ1n) is 13.1. The third-order valence-corrected chi connectivity index (χ3v) is 7.56. The first-order valence-corrected chi connectivity index (χ1v) is 13.1. The summed E-state index contributed by atoms with van der Waals surface area (Å²) in [6.45, 7) is 4.38. The standard InChI is InChI=1S/C29H35N3O3/c1-3-34-29(33)24-13-15-25(18-24)30-26-16-14-23(17-19(26)2)27-31-28(35-32-27)22-11-9-21(10-12-22)20-7-5-4-6-8-20/h9-12,14,16-17,20,24-25,30H,3-8,13,15,18H2,1-2H3. The molecular formula is C29H35N3O3. The Morgan fingerprint density at radius 2 is 1.80 bits per heavy atom. The number of anilines is 1. The molecule has 0 saturated heterocycles. The Balaban J connectivity index is 1.23. The lowest BCUT2D eigenvalue weighted by atomic mass is 9.84. The van der Waals surface area contributed by atoms with Gasteiger partial charge in [-0.1, -0.05) is 36.6 Å². The van der Waals surface area contributed by atoms with E-state index >= 15 is 0 Å². The molecule has 35 heavy (non-hydrogen) atoms. The van der Waals surface area contributed by atoms with Crippen LogP contribution >= 0.6 is 0 Å². The van der Waals surface area contributed by atoms with E-state index in [-0.39, 0.29) is 17.9 Å². The lowest BCUT2D eigenvalue weighted by Crippen LogP contribution is -2.20. The average Bonchev–Trinajstić information content (AvgIpc) is 3.57.